The summed E-state index contributed by atoms with van der Waals surface area (Å²) in [7, 11) is 0. The van der Waals surface area contributed by atoms with Gasteiger partial charge in [0.2, 0.25) is 0 Å². The number of aromatic nitrogens is 2. The monoisotopic (exact) mass is 235 g/mol. The summed E-state index contributed by atoms with van der Waals surface area (Å²) in [6.07, 6.45) is 6.44. The van der Waals surface area contributed by atoms with Crippen LogP contribution in [0.15, 0.2) is 36.9 Å². The number of rotatable bonds is 3. The lowest BCUT2D eigenvalue weighted by Gasteiger charge is -2.11. The predicted octanol–water partition coefficient (Wildman–Crippen LogP) is 2.15. The van der Waals surface area contributed by atoms with Crippen molar-refractivity contribution in [1.29, 1.82) is 0 Å². The Balaban J connectivity index is 2.09. The molecule has 2 heterocycles. The van der Waals surface area contributed by atoms with E-state index in [1.807, 2.05) is 0 Å². The molecular weight excluding hydrogens is 226 g/mol. The first-order valence-corrected chi connectivity index (χ1v) is 4.96. The first kappa shape index (κ1) is 10.5. The van der Waals surface area contributed by atoms with E-state index in [1.165, 1.54) is 0 Å². The Kier molecular flexibility index (Phi) is 3.07. The van der Waals surface area contributed by atoms with Gasteiger partial charge in [-0.2, -0.15) is 0 Å². The van der Waals surface area contributed by atoms with E-state index in [2.05, 4.69) is 20.8 Å². The van der Waals surface area contributed by atoms with Gasteiger partial charge in [-0.3, -0.25) is 20.8 Å². The van der Waals surface area contributed by atoms with E-state index < -0.39 is 0 Å². The SMILES string of the molecule is Nc1ccncc1NNc1ccncc1Cl. The number of pyridine rings is 2. The third kappa shape index (κ3) is 2.32. The van der Waals surface area contributed by atoms with Crippen molar-refractivity contribution in [1.82, 2.24) is 9.97 Å². The molecule has 2 rings (SSSR count). The fourth-order valence-electron chi connectivity index (χ4n) is 1.12. The molecule has 6 heteroatoms. The van der Waals surface area contributed by atoms with Gasteiger partial charge in [0.25, 0.3) is 0 Å². The zero-order valence-corrected chi connectivity index (χ0v) is 9.07. The van der Waals surface area contributed by atoms with Crippen LogP contribution in [0.5, 0.6) is 0 Å². The average molecular weight is 236 g/mol. The summed E-state index contributed by atoms with van der Waals surface area (Å²) >= 11 is 5.92. The molecule has 0 aliphatic heterocycles. The lowest BCUT2D eigenvalue weighted by atomic mass is 10.3. The molecule has 0 atom stereocenters. The minimum absolute atomic E-state index is 0.525. The largest absolute Gasteiger partial charge is 0.397 e. The highest BCUT2D eigenvalue weighted by Crippen LogP contribution is 2.21. The third-order valence-corrected chi connectivity index (χ3v) is 2.26. The van der Waals surface area contributed by atoms with Crippen molar-refractivity contribution in [3.8, 4) is 0 Å². The smallest absolute Gasteiger partial charge is 0.0952 e. The average Bonchev–Trinajstić information content (AvgIpc) is 2.30. The van der Waals surface area contributed by atoms with Gasteiger partial charge >= 0.3 is 0 Å². The quantitative estimate of drug-likeness (QED) is 0.711. The molecule has 0 aromatic carbocycles. The molecule has 5 nitrogen and oxygen atoms in total. The van der Waals surface area contributed by atoms with Gasteiger partial charge in [-0.15, -0.1) is 0 Å². The molecule has 4 N–H and O–H groups in total. The molecule has 0 spiro atoms. The van der Waals surface area contributed by atoms with Crippen LogP contribution < -0.4 is 16.6 Å². The molecule has 0 aliphatic carbocycles. The Morgan fingerprint density at radius 2 is 1.69 bits per heavy atom. The van der Waals surface area contributed by atoms with Crippen molar-refractivity contribution < 1.29 is 0 Å². The van der Waals surface area contributed by atoms with Crippen LogP contribution >= 0.6 is 11.6 Å². The van der Waals surface area contributed by atoms with Gasteiger partial charge in [-0.25, -0.2) is 0 Å². The van der Waals surface area contributed by atoms with Crippen molar-refractivity contribution in [2.24, 2.45) is 0 Å². The summed E-state index contributed by atoms with van der Waals surface area (Å²) in [5.74, 6) is 0. The summed E-state index contributed by atoms with van der Waals surface area (Å²) in [5, 5.41) is 0.525. The standard InChI is InChI=1S/C10H10ClN5/c11-7-5-13-4-2-9(7)15-16-10-6-14-3-1-8(10)12/h1-6,16H,(H2,12,14)(H,13,15). The van der Waals surface area contributed by atoms with Crippen LogP contribution in [0, 0.1) is 0 Å². The van der Waals surface area contributed by atoms with Crippen LogP contribution in [0.2, 0.25) is 5.02 Å². The van der Waals surface area contributed by atoms with Gasteiger partial charge in [0.05, 0.1) is 28.3 Å². The Morgan fingerprint density at radius 3 is 2.44 bits per heavy atom. The van der Waals surface area contributed by atoms with Crippen molar-refractivity contribution in [3.05, 3.63) is 41.9 Å². The lowest BCUT2D eigenvalue weighted by Crippen LogP contribution is -2.10. The van der Waals surface area contributed by atoms with Gasteiger partial charge in [-0.05, 0) is 12.1 Å². The molecule has 0 radical (unpaired) electrons. The van der Waals surface area contributed by atoms with Crippen molar-refractivity contribution in [2.45, 2.75) is 0 Å². The number of halogens is 1. The summed E-state index contributed by atoms with van der Waals surface area (Å²) < 4.78 is 0. The summed E-state index contributed by atoms with van der Waals surface area (Å²) in [4.78, 5) is 7.83. The molecule has 0 amide bonds. The third-order valence-electron chi connectivity index (χ3n) is 1.96. The lowest BCUT2D eigenvalue weighted by molar-refractivity contribution is 1.28. The number of hydrogen-bond acceptors (Lipinski definition) is 5. The molecule has 82 valence electrons. The van der Waals surface area contributed by atoms with Gasteiger partial charge in [0, 0.05) is 18.6 Å². The molecule has 0 bridgehead atoms. The fraction of sp³-hybridized carbons (Fsp3) is 0. The predicted molar refractivity (Wildman–Crippen MR) is 65.1 cm³/mol. The van der Waals surface area contributed by atoms with Gasteiger partial charge in [0.15, 0.2) is 0 Å². The van der Waals surface area contributed by atoms with Crippen LogP contribution in [0.3, 0.4) is 0 Å². The second-order valence-corrected chi connectivity index (χ2v) is 3.48. The maximum atomic E-state index is 5.92. The highest BCUT2D eigenvalue weighted by atomic mass is 35.5. The number of hydrazine groups is 1. The van der Waals surface area contributed by atoms with Crippen LogP contribution in [-0.2, 0) is 0 Å². The second-order valence-electron chi connectivity index (χ2n) is 3.07. The van der Waals surface area contributed by atoms with Crippen molar-refractivity contribution in [2.75, 3.05) is 16.6 Å². The number of nitrogens with two attached hydrogens (primary N) is 1. The Bertz CT molecular complexity index is 443. The Morgan fingerprint density at radius 1 is 1.00 bits per heavy atom. The zero-order chi connectivity index (χ0) is 11.4. The van der Waals surface area contributed by atoms with Crippen LogP contribution in [0.1, 0.15) is 0 Å². The number of anilines is 3. The normalized spacial score (nSPS) is 9.81. The number of nitrogens with zero attached hydrogens (tertiary/aromatic N) is 2. The maximum Gasteiger partial charge on any atom is 0.0952 e. The molecular formula is C10H10ClN5. The molecule has 0 fully saturated rings. The molecule has 0 saturated carbocycles. The Labute approximate surface area is 97.6 Å². The zero-order valence-electron chi connectivity index (χ0n) is 8.31. The topological polar surface area (TPSA) is 75.9 Å². The molecule has 0 aliphatic rings. The van der Waals surface area contributed by atoms with Gasteiger partial charge < -0.3 is 5.73 Å². The first-order valence-electron chi connectivity index (χ1n) is 4.58. The number of nitrogens with one attached hydrogen (secondary N) is 2. The van der Waals surface area contributed by atoms with E-state index >= 15 is 0 Å². The van der Waals surface area contributed by atoms with E-state index in [1.54, 1.807) is 36.9 Å². The molecule has 2 aromatic heterocycles. The minimum Gasteiger partial charge on any atom is -0.397 e. The van der Waals surface area contributed by atoms with Crippen molar-refractivity contribution >= 4 is 28.7 Å². The van der Waals surface area contributed by atoms with E-state index in [4.69, 9.17) is 17.3 Å². The second kappa shape index (κ2) is 4.67. The highest BCUT2D eigenvalue weighted by Gasteiger charge is 2.00. The maximum absolute atomic E-state index is 5.92. The minimum atomic E-state index is 0.525. The number of nitrogen functional groups attached to an aromatic ring is 1. The van der Waals surface area contributed by atoms with E-state index in [0.717, 1.165) is 5.69 Å². The van der Waals surface area contributed by atoms with E-state index in [9.17, 15) is 0 Å². The summed E-state index contributed by atoms with van der Waals surface area (Å²) in [5.41, 5.74) is 13.6. The summed E-state index contributed by atoms with van der Waals surface area (Å²) in [6.45, 7) is 0. The molecule has 0 saturated heterocycles. The fourth-order valence-corrected chi connectivity index (χ4v) is 1.29. The van der Waals surface area contributed by atoms with E-state index in [-0.39, 0.29) is 0 Å². The van der Waals surface area contributed by atoms with Crippen LogP contribution in [-0.4, -0.2) is 9.97 Å². The van der Waals surface area contributed by atoms with Gasteiger partial charge in [-0.1, -0.05) is 11.6 Å². The Hall–Kier alpha value is -2.01. The molecule has 2 aromatic rings. The first-order chi connectivity index (χ1) is 7.77. The summed E-state index contributed by atoms with van der Waals surface area (Å²) in [6, 6.07) is 3.46. The van der Waals surface area contributed by atoms with Crippen molar-refractivity contribution in [3.63, 3.8) is 0 Å². The van der Waals surface area contributed by atoms with Crippen LogP contribution in [0.4, 0.5) is 17.1 Å². The highest BCUT2D eigenvalue weighted by molar-refractivity contribution is 6.33. The van der Waals surface area contributed by atoms with Gasteiger partial charge in [0.1, 0.15) is 0 Å². The number of hydrogen-bond donors (Lipinski definition) is 3. The molecule has 16 heavy (non-hydrogen) atoms. The molecule has 0 unspecified atom stereocenters. The van der Waals surface area contributed by atoms with E-state index in [0.29, 0.717) is 16.4 Å². The van der Waals surface area contributed by atoms with Crippen LogP contribution in [0.25, 0.3) is 0 Å².